The molecule has 2 aliphatic heterocycles. The summed E-state index contributed by atoms with van der Waals surface area (Å²) >= 11 is 1.60. The minimum Gasteiger partial charge on any atom is -0.495 e. The number of nitrogens with one attached hydrogen (secondary N) is 1. The molecule has 2 fully saturated rings. The third-order valence-electron chi connectivity index (χ3n) is 5.59. The maximum absolute atomic E-state index is 13.2. The van der Waals surface area contributed by atoms with E-state index >= 15 is 0 Å². The van der Waals surface area contributed by atoms with Crippen LogP contribution < -0.4 is 10.1 Å². The summed E-state index contributed by atoms with van der Waals surface area (Å²) in [4.78, 5) is 14.0. The molecule has 0 bridgehead atoms. The summed E-state index contributed by atoms with van der Waals surface area (Å²) in [6.45, 7) is 2.03. The van der Waals surface area contributed by atoms with Crippen molar-refractivity contribution in [2.75, 3.05) is 51.1 Å². The highest BCUT2D eigenvalue weighted by Crippen LogP contribution is 2.31. The minimum absolute atomic E-state index is 0.0192. The van der Waals surface area contributed by atoms with Gasteiger partial charge in [-0.2, -0.15) is 4.31 Å². The second-order valence-corrected chi connectivity index (χ2v) is 10.7. The van der Waals surface area contributed by atoms with E-state index in [9.17, 15) is 13.2 Å². The lowest BCUT2D eigenvalue weighted by atomic mass is 10.2. The fourth-order valence-electron chi connectivity index (χ4n) is 3.82. The van der Waals surface area contributed by atoms with Gasteiger partial charge in [-0.25, -0.2) is 8.42 Å². The predicted molar refractivity (Wildman–Crippen MR) is 127 cm³/mol. The van der Waals surface area contributed by atoms with E-state index in [4.69, 9.17) is 14.2 Å². The van der Waals surface area contributed by atoms with Gasteiger partial charge in [0.25, 0.3) is 5.91 Å². The Balaban J connectivity index is 1.53. The molecule has 33 heavy (non-hydrogen) atoms. The second kappa shape index (κ2) is 10.9. The molecule has 0 aromatic heterocycles. The van der Waals surface area contributed by atoms with E-state index in [1.54, 1.807) is 30.0 Å². The van der Waals surface area contributed by atoms with Crippen molar-refractivity contribution in [3.8, 4) is 5.75 Å². The Morgan fingerprint density at radius 2 is 1.97 bits per heavy atom. The highest BCUT2D eigenvalue weighted by molar-refractivity contribution is 7.99. The first kappa shape index (κ1) is 24.0. The van der Waals surface area contributed by atoms with Crippen LogP contribution in [0.25, 0.3) is 0 Å². The van der Waals surface area contributed by atoms with E-state index in [1.807, 2.05) is 18.2 Å². The van der Waals surface area contributed by atoms with E-state index < -0.39 is 10.0 Å². The maximum Gasteiger partial charge on any atom is 0.256 e. The van der Waals surface area contributed by atoms with Gasteiger partial charge in [-0.05, 0) is 43.2 Å². The van der Waals surface area contributed by atoms with E-state index in [2.05, 4.69) is 5.32 Å². The Labute approximate surface area is 198 Å². The van der Waals surface area contributed by atoms with Gasteiger partial charge in [-0.1, -0.05) is 12.1 Å². The van der Waals surface area contributed by atoms with Crippen LogP contribution in [0.5, 0.6) is 5.75 Å². The SMILES string of the molecule is COc1ccc(NC(=O)c2ccccc2SC[C@@H]2CCCO2)cc1S(=O)(=O)N1CCOCC1. The highest BCUT2D eigenvalue weighted by atomic mass is 32.2. The van der Waals surface area contributed by atoms with Crippen LogP contribution in [0.3, 0.4) is 0 Å². The van der Waals surface area contributed by atoms with Crippen LogP contribution in [0.2, 0.25) is 0 Å². The number of amides is 1. The molecule has 1 amide bonds. The number of sulfonamides is 1. The van der Waals surface area contributed by atoms with E-state index in [-0.39, 0.29) is 35.7 Å². The predicted octanol–water partition coefficient (Wildman–Crippen LogP) is 3.24. The Morgan fingerprint density at radius 1 is 1.18 bits per heavy atom. The molecule has 2 aliphatic rings. The highest BCUT2D eigenvalue weighted by Gasteiger charge is 2.30. The number of thioether (sulfide) groups is 1. The zero-order chi connectivity index (χ0) is 23.3. The van der Waals surface area contributed by atoms with Crippen LogP contribution >= 0.6 is 11.8 Å². The van der Waals surface area contributed by atoms with Crippen LogP contribution in [-0.4, -0.2) is 70.5 Å². The summed E-state index contributed by atoms with van der Waals surface area (Å²) in [5, 5.41) is 2.85. The molecular formula is C23H28N2O6S2. The van der Waals surface area contributed by atoms with Crippen molar-refractivity contribution in [2.45, 2.75) is 28.7 Å². The lowest BCUT2D eigenvalue weighted by molar-refractivity contribution is 0.0729. The molecule has 0 saturated carbocycles. The Kier molecular flexibility index (Phi) is 7.92. The Hall–Kier alpha value is -2.11. The number of carbonyl (C=O) groups is 1. The smallest absolute Gasteiger partial charge is 0.256 e. The van der Waals surface area contributed by atoms with Crippen LogP contribution in [0.1, 0.15) is 23.2 Å². The van der Waals surface area contributed by atoms with Gasteiger partial charge in [0, 0.05) is 36.0 Å². The first-order valence-electron chi connectivity index (χ1n) is 10.9. The van der Waals surface area contributed by atoms with Gasteiger partial charge >= 0.3 is 0 Å². The van der Waals surface area contributed by atoms with Crippen LogP contribution in [-0.2, 0) is 19.5 Å². The molecule has 2 aromatic carbocycles. The lowest BCUT2D eigenvalue weighted by Gasteiger charge is -2.26. The van der Waals surface area contributed by atoms with Gasteiger partial charge in [0.05, 0.1) is 32.0 Å². The normalized spacial score (nSPS) is 19.4. The van der Waals surface area contributed by atoms with E-state index in [0.29, 0.717) is 24.5 Å². The monoisotopic (exact) mass is 492 g/mol. The summed E-state index contributed by atoms with van der Waals surface area (Å²) in [5.41, 5.74) is 0.917. The number of hydrogen-bond donors (Lipinski definition) is 1. The molecule has 2 aromatic rings. The van der Waals surface area contributed by atoms with Crippen molar-refractivity contribution < 1.29 is 27.4 Å². The van der Waals surface area contributed by atoms with Crippen molar-refractivity contribution in [3.05, 3.63) is 48.0 Å². The van der Waals surface area contributed by atoms with Crippen molar-refractivity contribution in [3.63, 3.8) is 0 Å². The number of morpholine rings is 1. The van der Waals surface area contributed by atoms with Gasteiger partial charge in [0.2, 0.25) is 10.0 Å². The third kappa shape index (κ3) is 5.70. The van der Waals surface area contributed by atoms with Gasteiger partial charge in [-0.15, -0.1) is 11.8 Å². The van der Waals surface area contributed by atoms with Crippen LogP contribution in [0, 0.1) is 0 Å². The molecule has 178 valence electrons. The van der Waals surface area contributed by atoms with Gasteiger partial charge in [0.1, 0.15) is 10.6 Å². The van der Waals surface area contributed by atoms with Gasteiger partial charge in [-0.3, -0.25) is 4.79 Å². The molecule has 0 radical (unpaired) electrons. The summed E-state index contributed by atoms with van der Waals surface area (Å²) in [7, 11) is -2.37. The molecule has 10 heteroatoms. The molecule has 0 unspecified atom stereocenters. The quantitative estimate of drug-likeness (QED) is 0.566. The van der Waals surface area contributed by atoms with Crippen molar-refractivity contribution in [1.82, 2.24) is 4.31 Å². The molecule has 0 spiro atoms. The molecule has 4 rings (SSSR count). The number of benzene rings is 2. The van der Waals surface area contributed by atoms with Crippen molar-refractivity contribution >= 4 is 33.4 Å². The Bertz CT molecular complexity index is 1080. The average molecular weight is 493 g/mol. The number of carbonyl (C=O) groups excluding carboxylic acids is 1. The number of anilines is 1. The molecular weight excluding hydrogens is 464 g/mol. The number of hydrogen-bond acceptors (Lipinski definition) is 7. The largest absolute Gasteiger partial charge is 0.495 e. The average Bonchev–Trinajstić information content (AvgIpc) is 3.37. The maximum atomic E-state index is 13.2. The molecule has 2 saturated heterocycles. The zero-order valence-corrected chi connectivity index (χ0v) is 20.1. The lowest BCUT2D eigenvalue weighted by Crippen LogP contribution is -2.40. The van der Waals surface area contributed by atoms with Gasteiger partial charge in [0.15, 0.2) is 0 Å². The topological polar surface area (TPSA) is 94.2 Å². The summed E-state index contributed by atoms with van der Waals surface area (Å²) in [6, 6.07) is 12.0. The Morgan fingerprint density at radius 3 is 2.70 bits per heavy atom. The summed E-state index contributed by atoms with van der Waals surface area (Å²) in [5.74, 6) is 0.715. The zero-order valence-electron chi connectivity index (χ0n) is 18.5. The second-order valence-electron chi connectivity index (χ2n) is 7.78. The van der Waals surface area contributed by atoms with E-state index in [0.717, 1.165) is 30.1 Å². The number of rotatable bonds is 8. The van der Waals surface area contributed by atoms with Crippen molar-refractivity contribution in [2.24, 2.45) is 0 Å². The van der Waals surface area contributed by atoms with Gasteiger partial charge < -0.3 is 19.5 Å². The first-order chi connectivity index (χ1) is 16.0. The fourth-order valence-corrected chi connectivity index (χ4v) is 6.53. The summed E-state index contributed by atoms with van der Waals surface area (Å²) in [6.07, 6.45) is 2.31. The molecule has 8 nitrogen and oxygen atoms in total. The standard InChI is InChI=1S/C23H28N2O6S2/c1-29-20-9-8-17(15-22(20)33(27,28)25-10-13-30-14-11-25)24-23(26)19-6-2-3-7-21(19)32-16-18-5-4-12-31-18/h2-3,6-9,15,18H,4-5,10-14,16H2,1H3,(H,24,26)/t18-/m0/s1. The molecule has 2 heterocycles. The van der Waals surface area contributed by atoms with E-state index in [1.165, 1.54) is 17.5 Å². The van der Waals surface area contributed by atoms with Crippen LogP contribution in [0.4, 0.5) is 5.69 Å². The van der Waals surface area contributed by atoms with Crippen molar-refractivity contribution in [1.29, 1.82) is 0 Å². The molecule has 1 atom stereocenters. The molecule has 1 N–H and O–H groups in total. The summed E-state index contributed by atoms with van der Waals surface area (Å²) < 4.78 is 44.0. The minimum atomic E-state index is -3.79. The molecule has 0 aliphatic carbocycles. The third-order valence-corrected chi connectivity index (χ3v) is 8.72. The number of methoxy groups -OCH3 is 1. The number of nitrogens with zero attached hydrogens (tertiary/aromatic N) is 1. The van der Waals surface area contributed by atoms with Crippen LogP contribution in [0.15, 0.2) is 52.3 Å². The first-order valence-corrected chi connectivity index (χ1v) is 13.3. The number of ether oxygens (including phenoxy) is 3. The fraction of sp³-hybridized carbons (Fsp3) is 0.435.